The average Bonchev–Trinajstić information content (AvgIpc) is 3.16. The van der Waals surface area contributed by atoms with Crippen molar-refractivity contribution in [1.29, 1.82) is 0 Å². The zero-order valence-corrected chi connectivity index (χ0v) is 20.4. The van der Waals surface area contributed by atoms with Crippen molar-refractivity contribution >= 4 is 39.1 Å². The maximum Gasteiger partial charge on any atom is 0.253 e. The van der Waals surface area contributed by atoms with Crippen LogP contribution in [0.2, 0.25) is 0 Å². The summed E-state index contributed by atoms with van der Waals surface area (Å²) in [5, 5.41) is 8.37. The highest BCUT2D eigenvalue weighted by Gasteiger charge is 2.58. The number of likely N-dealkylation sites (tertiary alicyclic amines) is 1. The van der Waals surface area contributed by atoms with Crippen LogP contribution in [0.1, 0.15) is 40.2 Å². The molecule has 1 saturated heterocycles. The van der Waals surface area contributed by atoms with Crippen LogP contribution in [0.3, 0.4) is 0 Å². The third-order valence-electron chi connectivity index (χ3n) is 7.39. The van der Waals surface area contributed by atoms with E-state index < -0.39 is 0 Å². The molecule has 1 saturated carbocycles. The van der Waals surface area contributed by atoms with E-state index in [0.717, 1.165) is 45.7 Å². The van der Waals surface area contributed by atoms with Gasteiger partial charge in [0, 0.05) is 42.7 Å². The molecule has 0 bridgehead atoms. The van der Waals surface area contributed by atoms with Crippen LogP contribution in [0, 0.1) is 18.3 Å². The van der Waals surface area contributed by atoms with E-state index in [0.29, 0.717) is 25.2 Å². The van der Waals surface area contributed by atoms with Gasteiger partial charge in [0.2, 0.25) is 5.91 Å². The highest BCUT2D eigenvalue weighted by Crippen LogP contribution is 2.59. The second-order valence-corrected chi connectivity index (χ2v) is 11.0. The molecule has 35 heavy (non-hydrogen) atoms. The Morgan fingerprint density at radius 1 is 1.14 bits per heavy atom. The highest BCUT2D eigenvalue weighted by atomic mass is 32.1. The summed E-state index contributed by atoms with van der Waals surface area (Å²) in [5.74, 6) is 0.170. The Labute approximate surface area is 207 Å². The van der Waals surface area contributed by atoms with Crippen LogP contribution in [0.25, 0.3) is 10.2 Å². The fourth-order valence-corrected chi connectivity index (χ4v) is 6.15. The number of carbonyl (C=O) groups excluding carboxylic acids is 2. The molecule has 2 aromatic heterocycles. The molecule has 178 valence electrons. The zero-order valence-electron chi connectivity index (χ0n) is 19.6. The molecule has 3 heterocycles. The Morgan fingerprint density at radius 2 is 2.00 bits per heavy atom. The Hall–Kier alpha value is -3.52. The number of thiazole rings is 1. The van der Waals surface area contributed by atoms with E-state index in [-0.39, 0.29) is 23.1 Å². The minimum Gasteiger partial charge on any atom is -0.339 e. The van der Waals surface area contributed by atoms with Crippen LogP contribution in [-0.4, -0.2) is 44.6 Å². The van der Waals surface area contributed by atoms with Crippen molar-refractivity contribution < 1.29 is 9.59 Å². The van der Waals surface area contributed by atoms with E-state index in [2.05, 4.69) is 15.4 Å². The first-order valence-electron chi connectivity index (χ1n) is 12.0. The summed E-state index contributed by atoms with van der Waals surface area (Å²) in [6, 6.07) is 15.6. The Morgan fingerprint density at radius 3 is 2.80 bits per heavy atom. The lowest BCUT2D eigenvalue weighted by molar-refractivity contribution is -0.118. The first-order chi connectivity index (χ1) is 17.0. The monoisotopic (exact) mass is 485 g/mol. The highest BCUT2D eigenvalue weighted by molar-refractivity contribution is 7.18. The average molecular weight is 486 g/mol. The number of aromatic nitrogens is 3. The van der Waals surface area contributed by atoms with Crippen LogP contribution >= 0.6 is 11.3 Å². The topological polar surface area (TPSA) is 80.1 Å². The molecule has 1 aliphatic carbocycles. The summed E-state index contributed by atoms with van der Waals surface area (Å²) in [4.78, 5) is 32.6. The number of amides is 2. The van der Waals surface area contributed by atoms with E-state index in [1.807, 2.05) is 71.2 Å². The van der Waals surface area contributed by atoms with E-state index in [4.69, 9.17) is 0 Å². The number of hydrogen-bond donors (Lipinski definition) is 1. The largest absolute Gasteiger partial charge is 0.339 e. The van der Waals surface area contributed by atoms with Gasteiger partial charge in [-0.25, -0.2) is 4.98 Å². The Bertz CT molecular complexity index is 1400. The van der Waals surface area contributed by atoms with Gasteiger partial charge >= 0.3 is 0 Å². The molecule has 4 aromatic rings. The third-order valence-corrected chi connectivity index (χ3v) is 8.34. The Kier molecular flexibility index (Phi) is 5.40. The van der Waals surface area contributed by atoms with Crippen molar-refractivity contribution in [2.45, 2.75) is 32.7 Å². The molecule has 1 N–H and O–H groups in total. The van der Waals surface area contributed by atoms with Gasteiger partial charge in [0.05, 0.1) is 21.8 Å². The SMILES string of the molecule is Cc1nc2cc(NC(=O)C3CC34CCN(C(=O)c3cccc(Cn5cccn5)c3)CC4)ccc2s1. The van der Waals surface area contributed by atoms with E-state index in [1.165, 1.54) is 0 Å². The fraction of sp³-hybridized carbons (Fsp3) is 0.333. The molecule has 1 aliphatic heterocycles. The Balaban J connectivity index is 1.06. The number of fused-ring (bicyclic) bond motifs is 1. The summed E-state index contributed by atoms with van der Waals surface area (Å²) in [6.07, 6.45) is 6.31. The molecule has 1 unspecified atom stereocenters. The van der Waals surface area contributed by atoms with Gasteiger partial charge in [-0.1, -0.05) is 12.1 Å². The lowest BCUT2D eigenvalue weighted by atomic mass is 9.90. The molecule has 1 atom stereocenters. The van der Waals surface area contributed by atoms with Crippen LogP contribution in [0.4, 0.5) is 5.69 Å². The predicted molar refractivity (Wildman–Crippen MR) is 136 cm³/mol. The van der Waals surface area contributed by atoms with Crippen LogP contribution < -0.4 is 5.32 Å². The molecule has 2 fully saturated rings. The first kappa shape index (κ1) is 22.0. The van der Waals surface area contributed by atoms with Crippen LogP contribution in [0.15, 0.2) is 60.9 Å². The van der Waals surface area contributed by atoms with Crippen molar-refractivity contribution in [3.8, 4) is 0 Å². The molecule has 1 spiro atoms. The first-order valence-corrected chi connectivity index (χ1v) is 12.8. The van der Waals surface area contributed by atoms with Gasteiger partial charge in [-0.2, -0.15) is 5.10 Å². The molecule has 2 aromatic carbocycles. The fourth-order valence-electron chi connectivity index (χ4n) is 5.34. The lowest BCUT2D eigenvalue weighted by Gasteiger charge is -2.33. The van der Waals surface area contributed by atoms with Crippen molar-refractivity contribution in [3.05, 3.63) is 77.1 Å². The summed E-state index contributed by atoms with van der Waals surface area (Å²) < 4.78 is 2.98. The molecule has 2 amide bonds. The molecular formula is C27H27N5O2S. The summed E-state index contributed by atoms with van der Waals surface area (Å²) in [6.45, 7) is 4.02. The molecular weight excluding hydrogens is 458 g/mol. The maximum absolute atomic E-state index is 13.2. The van der Waals surface area contributed by atoms with Gasteiger partial charge in [-0.3, -0.25) is 14.3 Å². The van der Waals surface area contributed by atoms with E-state index in [1.54, 1.807) is 17.5 Å². The molecule has 7 nitrogen and oxygen atoms in total. The summed E-state index contributed by atoms with van der Waals surface area (Å²) in [7, 11) is 0. The molecule has 0 radical (unpaired) electrons. The standard InChI is InChI=1S/C27H27N5O2S/c1-18-29-23-15-21(6-7-24(23)35-18)30-25(33)22-16-27(22)8-12-31(13-9-27)26(34)20-5-2-4-19(14-20)17-32-11-3-10-28-32/h2-7,10-11,14-15,22H,8-9,12-13,16-17H2,1H3,(H,30,33). The second kappa shape index (κ2) is 8.61. The number of nitrogens with zero attached hydrogens (tertiary/aromatic N) is 4. The van der Waals surface area contributed by atoms with Gasteiger partial charge in [0.25, 0.3) is 5.91 Å². The van der Waals surface area contributed by atoms with Crippen LogP contribution in [-0.2, 0) is 11.3 Å². The zero-order chi connectivity index (χ0) is 24.0. The number of carbonyl (C=O) groups is 2. The number of anilines is 1. The second-order valence-electron chi connectivity index (χ2n) is 9.72. The normalized spacial score (nSPS) is 18.7. The van der Waals surface area contributed by atoms with Crippen molar-refractivity contribution in [2.24, 2.45) is 11.3 Å². The van der Waals surface area contributed by atoms with Gasteiger partial charge in [-0.05, 0) is 73.6 Å². The number of piperidine rings is 1. The van der Waals surface area contributed by atoms with Crippen molar-refractivity contribution in [3.63, 3.8) is 0 Å². The molecule has 6 rings (SSSR count). The minimum atomic E-state index is 0.0185. The van der Waals surface area contributed by atoms with Crippen molar-refractivity contribution in [2.75, 3.05) is 18.4 Å². The number of nitrogens with one attached hydrogen (secondary N) is 1. The van der Waals surface area contributed by atoms with Gasteiger partial charge in [0.15, 0.2) is 0 Å². The number of benzene rings is 2. The summed E-state index contributed by atoms with van der Waals surface area (Å²) in [5.41, 5.74) is 3.53. The molecule has 8 heteroatoms. The minimum absolute atomic E-state index is 0.0185. The quantitative estimate of drug-likeness (QED) is 0.443. The predicted octanol–water partition coefficient (Wildman–Crippen LogP) is 4.73. The van der Waals surface area contributed by atoms with Gasteiger partial charge in [0.1, 0.15) is 0 Å². The van der Waals surface area contributed by atoms with Crippen molar-refractivity contribution in [1.82, 2.24) is 19.7 Å². The maximum atomic E-state index is 13.2. The van der Waals surface area contributed by atoms with Gasteiger partial charge < -0.3 is 10.2 Å². The van der Waals surface area contributed by atoms with E-state index >= 15 is 0 Å². The van der Waals surface area contributed by atoms with Gasteiger partial charge in [-0.15, -0.1) is 11.3 Å². The van der Waals surface area contributed by atoms with Crippen LogP contribution in [0.5, 0.6) is 0 Å². The smallest absolute Gasteiger partial charge is 0.253 e. The number of hydrogen-bond acceptors (Lipinski definition) is 5. The number of aryl methyl sites for hydroxylation is 1. The van der Waals surface area contributed by atoms with E-state index in [9.17, 15) is 9.59 Å². The third kappa shape index (κ3) is 4.34. The summed E-state index contributed by atoms with van der Waals surface area (Å²) >= 11 is 1.66. The number of rotatable bonds is 5. The molecule has 2 aliphatic rings. The lowest BCUT2D eigenvalue weighted by Crippen LogP contribution is -2.40.